The molecular formula is C32H33F3N4O5. The van der Waals surface area contributed by atoms with Gasteiger partial charge in [0.15, 0.2) is 29.0 Å². The van der Waals surface area contributed by atoms with E-state index in [0.717, 1.165) is 5.56 Å². The number of carbonyl (C=O) groups is 2. The average molecular weight is 611 g/mol. The summed E-state index contributed by atoms with van der Waals surface area (Å²) in [6.07, 6.45) is 0.101. The zero-order chi connectivity index (χ0) is 31.8. The summed E-state index contributed by atoms with van der Waals surface area (Å²) in [7, 11) is 0. The molecule has 2 aromatic heterocycles. The minimum atomic E-state index is -1.60. The summed E-state index contributed by atoms with van der Waals surface area (Å²) >= 11 is 0. The molecule has 0 bridgehead atoms. The maximum atomic E-state index is 15.5. The Bertz CT molecular complexity index is 1730. The van der Waals surface area contributed by atoms with Crippen molar-refractivity contribution in [1.82, 2.24) is 19.9 Å². The van der Waals surface area contributed by atoms with E-state index in [0.29, 0.717) is 42.6 Å². The fourth-order valence-electron chi connectivity index (χ4n) is 5.40. The van der Waals surface area contributed by atoms with Gasteiger partial charge in [-0.05, 0) is 83.2 Å². The quantitative estimate of drug-likeness (QED) is 0.266. The van der Waals surface area contributed by atoms with Gasteiger partial charge in [-0.3, -0.25) is 9.74 Å². The molecule has 0 fully saturated rings. The lowest BCUT2D eigenvalue weighted by atomic mass is 9.91. The number of fused-ring (bicyclic) bond motifs is 2. The van der Waals surface area contributed by atoms with Gasteiger partial charge in [0.1, 0.15) is 5.82 Å². The molecule has 0 saturated carbocycles. The van der Waals surface area contributed by atoms with Crippen LogP contribution in [0, 0.1) is 25.5 Å². The van der Waals surface area contributed by atoms with Crippen molar-refractivity contribution >= 4 is 17.5 Å². The van der Waals surface area contributed by atoms with Crippen molar-refractivity contribution in [3.8, 4) is 17.0 Å². The Morgan fingerprint density at radius 2 is 1.86 bits per heavy atom. The Kier molecular flexibility index (Phi) is 8.64. The second-order valence-electron chi connectivity index (χ2n) is 11.7. The Labute approximate surface area is 252 Å². The highest BCUT2D eigenvalue weighted by molar-refractivity contribution is 5.93. The number of carbonyl (C=O) groups excluding carboxylic acids is 2. The first-order chi connectivity index (χ1) is 20.9. The standard InChI is InChI=1S/C32H33F3N4O5/c1-17-21-7-6-14-42-28(21)23(34)15-22(17)27-26(29(31(41)44-35)43-32(3,4)5)18(2)37-25-16-24(38-39(25)27)30(40)36-13-12-19-8-10-20(33)11-9-19/h8-11,15-16,29H,6-7,12-14H2,1-5H3,(H,36,40)/t29-/m0/s1. The van der Waals surface area contributed by atoms with Crippen LogP contribution >= 0.6 is 0 Å². The van der Waals surface area contributed by atoms with E-state index in [1.807, 2.05) is 0 Å². The van der Waals surface area contributed by atoms with Gasteiger partial charge in [-0.15, -0.1) is 0 Å². The number of ether oxygens (including phenoxy) is 2. The molecule has 1 aliphatic rings. The van der Waals surface area contributed by atoms with Crippen LogP contribution in [0.1, 0.15) is 71.7 Å². The highest BCUT2D eigenvalue weighted by atomic mass is 19.3. The molecule has 5 rings (SSSR count). The summed E-state index contributed by atoms with van der Waals surface area (Å²) in [5.41, 5.74) is 2.40. The molecule has 0 spiro atoms. The van der Waals surface area contributed by atoms with Crippen LogP contribution in [0.4, 0.5) is 13.3 Å². The van der Waals surface area contributed by atoms with Gasteiger partial charge in [0.2, 0.25) is 0 Å². The normalized spacial score (nSPS) is 13.7. The average Bonchev–Trinajstić information content (AvgIpc) is 3.41. The molecule has 0 aliphatic carbocycles. The number of nitrogens with one attached hydrogen (secondary N) is 1. The molecule has 232 valence electrons. The summed E-state index contributed by atoms with van der Waals surface area (Å²) in [5.74, 6) is -2.63. The Morgan fingerprint density at radius 1 is 1.14 bits per heavy atom. The number of benzene rings is 2. The molecule has 4 aromatic rings. The van der Waals surface area contributed by atoms with Gasteiger partial charge in [-0.25, -0.2) is 23.1 Å². The summed E-state index contributed by atoms with van der Waals surface area (Å²) < 4.78 is 55.2. The van der Waals surface area contributed by atoms with Crippen molar-refractivity contribution in [2.75, 3.05) is 13.2 Å². The zero-order valence-electron chi connectivity index (χ0n) is 25.1. The van der Waals surface area contributed by atoms with Crippen molar-refractivity contribution in [3.63, 3.8) is 0 Å². The van der Waals surface area contributed by atoms with E-state index in [9.17, 15) is 18.5 Å². The smallest absolute Gasteiger partial charge is 0.381 e. The summed E-state index contributed by atoms with van der Waals surface area (Å²) in [6, 6.07) is 8.70. The van der Waals surface area contributed by atoms with Gasteiger partial charge in [0.05, 0.1) is 17.9 Å². The molecule has 3 heterocycles. The van der Waals surface area contributed by atoms with E-state index in [1.165, 1.54) is 28.8 Å². The minimum Gasteiger partial charge on any atom is -0.490 e. The Hall–Kier alpha value is -4.45. The second-order valence-corrected chi connectivity index (χ2v) is 11.7. The topological polar surface area (TPSA) is 104 Å². The third-order valence-corrected chi connectivity index (χ3v) is 7.39. The molecule has 1 atom stereocenters. The van der Waals surface area contributed by atoms with Crippen LogP contribution in [0.25, 0.3) is 16.9 Å². The van der Waals surface area contributed by atoms with Gasteiger partial charge in [0, 0.05) is 39.5 Å². The highest BCUT2D eigenvalue weighted by Gasteiger charge is 2.36. The monoisotopic (exact) mass is 610 g/mol. The molecule has 9 nitrogen and oxygen atoms in total. The lowest BCUT2D eigenvalue weighted by molar-refractivity contribution is -0.205. The number of hydrogen-bond donors (Lipinski definition) is 1. The number of hydrogen-bond acceptors (Lipinski definition) is 7. The van der Waals surface area contributed by atoms with E-state index in [2.05, 4.69) is 20.3 Å². The van der Waals surface area contributed by atoms with Crippen molar-refractivity contribution < 1.29 is 37.3 Å². The fourth-order valence-corrected chi connectivity index (χ4v) is 5.40. The van der Waals surface area contributed by atoms with Crippen molar-refractivity contribution in [1.29, 1.82) is 0 Å². The summed E-state index contributed by atoms with van der Waals surface area (Å²) in [5, 5.41) is 7.31. The van der Waals surface area contributed by atoms with E-state index >= 15 is 4.39 Å². The molecule has 0 saturated heterocycles. The molecule has 12 heteroatoms. The second kappa shape index (κ2) is 12.3. The molecule has 0 radical (unpaired) electrons. The summed E-state index contributed by atoms with van der Waals surface area (Å²) in [6.45, 7) is 9.11. The van der Waals surface area contributed by atoms with E-state index in [-0.39, 0.29) is 46.4 Å². The third-order valence-electron chi connectivity index (χ3n) is 7.39. The predicted molar refractivity (Wildman–Crippen MR) is 155 cm³/mol. The van der Waals surface area contributed by atoms with Crippen LogP contribution in [0.2, 0.25) is 0 Å². The van der Waals surface area contributed by atoms with Crippen molar-refractivity contribution in [2.24, 2.45) is 0 Å². The van der Waals surface area contributed by atoms with Crippen molar-refractivity contribution in [2.45, 2.75) is 65.6 Å². The number of aryl methyl sites for hydroxylation is 1. The van der Waals surface area contributed by atoms with Crippen LogP contribution in [0.3, 0.4) is 0 Å². The van der Waals surface area contributed by atoms with Crippen LogP contribution in [-0.2, 0) is 27.3 Å². The lowest BCUT2D eigenvalue weighted by Crippen LogP contribution is -2.29. The van der Waals surface area contributed by atoms with Crippen LogP contribution in [0.15, 0.2) is 36.4 Å². The zero-order valence-corrected chi connectivity index (χ0v) is 25.1. The first-order valence-electron chi connectivity index (χ1n) is 14.3. The Morgan fingerprint density at radius 3 is 2.55 bits per heavy atom. The number of amides is 1. The van der Waals surface area contributed by atoms with Gasteiger partial charge >= 0.3 is 5.97 Å². The first-order valence-corrected chi connectivity index (χ1v) is 14.3. The molecule has 2 aromatic carbocycles. The van der Waals surface area contributed by atoms with E-state index in [1.54, 1.807) is 46.8 Å². The number of rotatable bonds is 8. The van der Waals surface area contributed by atoms with Gasteiger partial charge < -0.3 is 14.8 Å². The van der Waals surface area contributed by atoms with Gasteiger partial charge in [-0.2, -0.15) is 5.10 Å². The van der Waals surface area contributed by atoms with Crippen LogP contribution < -0.4 is 10.1 Å². The van der Waals surface area contributed by atoms with Crippen molar-refractivity contribution in [3.05, 3.63) is 81.7 Å². The molecular weight excluding hydrogens is 577 g/mol. The molecule has 1 amide bonds. The van der Waals surface area contributed by atoms with E-state index in [4.69, 9.17) is 9.47 Å². The number of nitrogens with zero attached hydrogens (tertiary/aromatic N) is 3. The van der Waals surface area contributed by atoms with E-state index < -0.39 is 29.4 Å². The third kappa shape index (κ3) is 6.26. The summed E-state index contributed by atoms with van der Waals surface area (Å²) in [4.78, 5) is 34.2. The maximum absolute atomic E-state index is 15.5. The molecule has 44 heavy (non-hydrogen) atoms. The minimum absolute atomic E-state index is 0.00943. The van der Waals surface area contributed by atoms with Crippen LogP contribution in [-0.4, -0.2) is 45.2 Å². The lowest BCUT2D eigenvalue weighted by Gasteiger charge is -2.28. The molecule has 0 unspecified atom stereocenters. The number of aromatic nitrogens is 3. The predicted octanol–water partition coefficient (Wildman–Crippen LogP) is 5.87. The van der Waals surface area contributed by atoms with Gasteiger partial charge in [-0.1, -0.05) is 12.1 Å². The van der Waals surface area contributed by atoms with Crippen LogP contribution in [0.5, 0.6) is 5.75 Å². The fraction of sp³-hybridized carbons (Fsp3) is 0.375. The molecule has 1 aliphatic heterocycles. The largest absolute Gasteiger partial charge is 0.490 e. The first kappa shape index (κ1) is 31.0. The number of halogens is 3. The SMILES string of the molecule is Cc1nc2cc(C(=O)NCCc3ccc(F)cc3)nn2c(-c2cc(F)c3c(c2C)CCCO3)c1[C@H](OC(C)(C)C)C(=O)OF. The highest BCUT2D eigenvalue weighted by Crippen LogP contribution is 2.41. The maximum Gasteiger partial charge on any atom is 0.381 e. The van der Waals surface area contributed by atoms with Gasteiger partial charge in [0.25, 0.3) is 5.91 Å². The Balaban J connectivity index is 1.65. The molecule has 1 N–H and O–H groups in total.